The quantitative estimate of drug-likeness (QED) is 0.762. The third-order valence-corrected chi connectivity index (χ3v) is 4.27. The molecule has 1 aliphatic heterocycles. The van der Waals surface area contributed by atoms with Crippen molar-refractivity contribution in [1.82, 2.24) is 4.98 Å². The average molecular weight is 290 g/mol. The Hall–Kier alpha value is -1.42. The van der Waals surface area contributed by atoms with E-state index in [-0.39, 0.29) is 18.8 Å². The van der Waals surface area contributed by atoms with Crippen LogP contribution in [-0.4, -0.2) is 21.3 Å². The van der Waals surface area contributed by atoms with Crippen molar-refractivity contribution in [2.24, 2.45) is 4.99 Å². The van der Waals surface area contributed by atoms with E-state index in [9.17, 15) is 4.39 Å². The third kappa shape index (κ3) is 2.85. The molecule has 3 rings (SSSR count). The summed E-state index contributed by atoms with van der Waals surface area (Å²) in [6.45, 7) is 4.28. The van der Waals surface area contributed by atoms with Gasteiger partial charge in [0.1, 0.15) is 11.3 Å². The van der Waals surface area contributed by atoms with Crippen molar-refractivity contribution in [2.75, 3.05) is 5.75 Å². The Morgan fingerprint density at radius 3 is 2.85 bits per heavy atom. The Bertz CT molecular complexity index is 665. The van der Waals surface area contributed by atoms with Crippen molar-refractivity contribution in [3.05, 3.63) is 41.8 Å². The molecular formula is C16H19FN2S. The smallest absolute Gasteiger partial charge is 0.149 e. The van der Waals surface area contributed by atoms with Crippen LogP contribution < -0.4 is 0 Å². The zero-order valence-corrected chi connectivity index (χ0v) is 11.8. The van der Waals surface area contributed by atoms with E-state index in [1.165, 1.54) is 6.07 Å². The number of aliphatic imine (C=N–C) groups is 1. The summed E-state index contributed by atoms with van der Waals surface area (Å²) in [6.07, 6.45) is 2.80. The molecule has 0 fully saturated rings. The molecule has 106 valence electrons. The minimum atomic E-state index is -0.275. The van der Waals surface area contributed by atoms with Gasteiger partial charge in [-0.3, -0.25) is 9.98 Å². The van der Waals surface area contributed by atoms with Crippen LogP contribution in [0.4, 0.5) is 4.39 Å². The topological polar surface area (TPSA) is 25.2 Å². The molecule has 0 bridgehead atoms. The monoisotopic (exact) mass is 290 g/mol. The molecule has 0 radical (unpaired) electrons. The van der Waals surface area contributed by atoms with Crippen LogP contribution >= 0.6 is 11.8 Å². The summed E-state index contributed by atoms with van der Waals surface area (Å²) in [5.41, 5.74) is 1.39. The molecule has 1 aliphatic rings. The predicted octanol–water partition coefficient (Wildman–Crippen LogP) is 4.67. The minimum absolute atomic E-state index is 0. The summed E-state index contributed by atoms with van der Waals surface area (Å²) in [5.74, 6) is 0.787. The van der Waals surface area contributed by atoms with Gasteiger partial charge in [0.15, 0.2) is 0 Å². The third-order valence-electron chi connectivity index (χ3n) is 3.27. The maximum atomic E-state index is 13.6. The summed E-state index contributed by atoms with van der Waals surface area (Å²) < 4.78 is 13.6. The molecule has 0 unspecified atom stereocenters. The number of halogens is 1. The van der Waals surface area contributed by atoms with E-state index < -0.39 is 0 Å². The highest BCUT2D eigenvalue weighted by Gasteiger charge is 2.23. The van der Waals surface area contributed by atoms with Crippen LogP contribution in [0.15, 0.2) is 35.5 Å². The van der Waals surface area contributed by atoms with Crippen LogP contribution in [0.3, 0.4) is 0 Å². The SMILES string of the molecule is C.CC1(C)CCSC(c2cnc3c(F)cccc3c2)=N1. The van der Waals surface area contributed by atoms with Crippen molar-refractivity contribution < 1.29 is 4.39 Å². The second-order valence-electron chi connectivity index (χ2n) is 5.36. The lowest BCUT2D eigenvalue weighted by molar-refractivity contribution is 0.508. The van der Waals surface area contributed by atoms with Gasteiger partial charge in [-0.15, -0.1) is 11.8 Å². The summed E-state index contributed by atoms with van der Waals surface area (Å²) in [5, 5.41) is 1.83. The molecule has 2 heterocycles. The van der Waals surface area contributed by atoms with Gasteiger partial charge in [0.25, 0.3) is 0 Å². The molecule has 0 saturated heterocycles. The molecule has 0 saturated carbocycles. The highest BCUT2D eigenvalue weighted by Crippen LogP contribution is 2.29. The van der Waals surface area contributed by atoms with Gasteiger partial charge >= 0.3 is 0 Å². The fourth-order valence-electron chi connectivity index (χ4n) is 2.15. The van der Waals surface area contributed by atoms with Crippen LogP contribution in [0.1, 0.15) is 33.3 Å². The fraction of sp³-hybridized carbons (Fsp3) is 0.375. The number of benzene rings is 1. The zero-order valence-electron chi connectivity index (χ0n) is 11.0. The van der Waals surface area contributed by atoms with Crippen molar-refractivity contribution in [3.63, 3.8) is 0 Å². The van der Waals surface area contributed by atoms with Gasteiger partial charge in [0.05, 0.1) is 10.6 Å². The number of thioether (sulfide) groups is 1. The van der Waals surface area contributed by atoms with Crippen molar-refractivity contribution in [3.8, 4) is 0 Å². The van der Waals surface area contributed by atoms with Crippen molar-refractivity contribution in [1.29, 1.82) is 0 Å². The van der Waals surface area contributed by atoms with Gasteiger partial charge in [-0.25, -0.2) is 4.39 Å². The second-order valence-corrected chi connectivity index (χ2v) is 6.45. The van der Waals surface area contributed by atoms with Crippen LogP contribution in [0.5, 0.6) is 0 Å². The van der Waals surface area contributed by atoms with Gasteiger partial charge in [-0.05, 0) is 32.4 Å². The number of aromatic nitrogens is 1. The number of hydrogen-bond donors (Lipinski definition) is 0. The highest BCUT2D eigenvalue weighted by atomic mass is 32.2. The van der Waals surface area contributed by atoms with E-state index in [0.717, 1.165) is 28.2 Å². The first-order valence-corrected chi connectivity index (χ1v) is 7.31. The Kier molecular flexibility index (Phi) is 4.14. The van der Waals surface area contributed by atoms with Gasteiger partial charge in [-0.2, -0.15) is 0 Å². The number of pyridine rings is 1. The van der Waals surface area contributed by atoms with Gasteiger partial charge in [0, 0.05) is 22.9 Å². The Balaban J connectivity index is 0.00000147. The van der Waals surface area contributed by atoms with E-state index in [0.29, 0.717) is 5.52 Å². The minimum Gasteiger partial charge on any atom is -0.272 e. The molecule has 4 heteroatoms. The molecule has 20 heavy (non-hydrogen) atoms. The molecular weight excluding hydrogens is 271 g/mol. The van der Waals surface area contributed by atoms with E-state index in [1.54, 1.807) is 24.0 Å². The first-order chi connectivity index (χ1) is 9.05. The lowest BCUT2D eigenvalue weighted by atomic mass is 10.0. The number of nitrogens with zero attached hydrogens (tertiary/aromatic N) is 2. The standard InChI is InChI=1S/C15H15FN2S.CH4/c1-15(2)6-7-19-14(18-15)11-8-10-4-3-5-12(16)13(10)17-9-11;/h3-5,8-9H,6-7H2,1-2H3;1H4. The molecule has 1 aromatic carbocycles. The number of fused-ring (bicyclic) bond motifs is 1. The molecule has 0 spiro atoms. The first kappa shape index (κ1) is 15.0. The molecule has 0 atom stereocenters. The van der Waals surface area contributed by atoms with Crippen molar-refractivity contribution >= 4 is 27.7 Å². The summed E-state index contributed by atoms with van der Waals surface area (Å²) >= 11 is 1.75. The number of rotatable bonds is 1. The zero-order chi connectivity index (χ0) is 13.5. The number of para-hydroxylation sites is 1. The van der Waals surface area contributed by atoms with Gasteiger partial charge in [-0.1, -0.05) is 19.6 Å². The Morgan fingerprint density at radius 1 is 1.30 bits per heavy atom. The van der Waals surface area contributed by atoms with Crippen LogP contribution in [0.2, 0.25) is 0 Å². The van der Waals surface area contributed by atoms with Gasteiger partial charge in [0.2, 0.25) is 0 Å². The molecule has 2 aromatic rings. The number of hydrogen-bond acceptors (Lipinski definition) is 3. The summed E-state index contributed by atoms with van der Waals surface area (Å²) in [7, 11) is 0. The predicted molar refractivity (Wildman–Crippen MR) is 86.1 cm³/mol. The maximum absolute atomic E-state index is 13.6. The largest absolute Gasteiger partial charge is 0.272 e. The molecule has 0 N–H and O–H groups in total. The fourth-order valence-corrected chi connectivity index (χ4v) is 3.53. The van der Waals surface area contributed by atoms with E-state index in [4.69, 9.17) is 4.99 Å². The second kappa shape index (κ2) is 5.52. The van der Waals surface area contributed by atoms with Gasteiger partial charge < -0.3 is 0 Å². The van der Waals surface area contributed by atoms with Crippen LogP contribution in [0.25, 0.3) is 10.9 Å². The van der Waals surface area contributed by atoms with E-state index in [2.05, 4.69) is 18.8 Å². The highest BCUT2D eigenvalue weighted by molar-refractivity contribution is 8.14. The normalized spacial score (nSPS) is 17.4. The van der Waals surface area contributed by atoms with E-state index >= 15 is 0 Å². The Labute approximate surface area is 123 Å². The lowest BCUT2D eigenvalue weighted by Gasteiger charge is -2.26. The molecule has 2 nitrogen and oxygen atoms in total. The van der Waals surface area contributed by atoms with Crippen molar-refractivity contribution in [2.45, 2.75) is 33.2 Å². The maximum Gasteiger partial charge on any atom is 0.149 e. The molecule has 0 aliphatic carbocycles. The lowest BCUT2D eigenvalue weighted by Crippen LogP contribution is -2.24. The van der Waals surface area contributed by atoms with E-state index in [1.807, 2.05) is 12.1 Å². The first-order valence-electron chi connectivity index (χ1n) is 6.32. The molecule has 0 amide bonds. The average Bonchev–Trinajstić information content (AvgIpc) is 2.37. The Morgan fingerprint density at radius 2 is 2.10 bits per heavy atom. The summed E-state index contributed by atoms with van der Waals surface area (Å²) in [4.78, 5) is 8.99. The molecule has 1 aromatic heterocycles. The van der Waals surface area contributed by atoms with Crippen LogP contribution in [0, 0.1) is 5.82 Å². The summed E-state index contributed by atoms with van der Waals surface area (Å²) in [6, 6.07) is 7.00. The van der Waals surface area contributed by atoms with Crippen LogP contribution in [-0.2, 0) is 0 Å².